The van der Waals surface area contributed by atoms with Crippen LogP contribution in [0.15, 0.2) is 22.7 Å². The largest absolute Gasteiger partial charge is 0.325 e. The van der Waals surface area contributed by atoms with Crippen LogP contribution in [0.4, 0.5) is 5.69 Å². The number of benzene rings is 1. The summed E-state index contributed by atoms with van der Waals surface area (Å²) in [7, 11) is 0. The molecule has 86 valence electrons. The van der Waals surface area contributed by atoms with Crippen molar-refractivity contribution in [2.45, 2.75) is 12.6 Å². The molecule has 1 aromatic rings. The molecule has 0 aliphatic carbocycles. The summed E-state index contributed by atoms with van der Waals surface area (Å²) in [6.45, 7) is 2.44. The first-order chi connectivity index (χ1) is 7.54. The van der Waals surface area contributed by atoms with Gasteiger partial charge in [0.15, 0.2) is 0 Å². The van der Waals surface area contributed by atoms with Crippen molar-refractivity contribution in [3.63, 3.8) is 0 Å². The Morgan fingerprint density at radius 1 is 1.50 bits per heavy atom. The maximum Gasteiger partial charge on any atom is 0.270 e. The van der Waals surface area contributed by atoms with E-state index >= 15 is 0 Å². The van der Waals surface area contributed by atoms with Gasteiger partial charge in [0.25, 0.3) is 5.69 Å². The van der Waals surface area contributed by atoms with E-state index in [-0.39, 0.29) is 16.7 Å². The van der Waals surface area contributed by atoms with Crippen LogP contribution in [0.3, 0.4) is 0 Å². The van der Waals surface area contributed by atoms with Gasteiger partial charge in [0, 0.05) is 42.3 Å². The smallest absolute Gasteiger partial charge is 0.270 e. The SMILES string of the molecule is NC1CN(Cc2cc(Br)cc([N+](=O)[O-])c2)C1. The van der Waals surface area contributed by atoms with Gasteiger partial charge in [-0.05, 0) is 11.6 Å². The van der Waals surface area contributed by atoms with E-state index in [9.17, 15) is 10.1 Å². The average molecular weight is 286 g/mol. The maximum absolute atomic E-state index is 10.7. The Hall–Kier alpha value is -0.980. The molecule has 1 aliphatic rings. The lowest BCUT2D eigenvalue weighted by atomic mass is 10.1. The summed E-state index contributed by atoms with van der Waals surface area (Å²) in [5.74, 6) is 0. The molecule has 1 aromatic carbocycles. The molecule has 1 fully saturated rings. The number of hydrogen-bond donors (Lipinski definition) is 1. The van der Waals surface area contributed by atoms with E-state index in [2.05, 4.69) is 20.8 Å². The fraction of sp³-hybridized carbons (Fsp3) is 0.400. The summed E-state index contributed by atoms with van der Waals surface area (Å²) >= 11 is 3.28. The minimum atomic E-state index is -0.379. The fourth-order valence-electron chi connectivity index (χ4n) is 1.83. The molecule has 2 N–H and O–H groups in total. The Morgan fingerprint density at radius 2 is 2.19 bits per heavy atom. The Morgan fingerprint density at radius 3 is 2.75 bits per heavy atom. The van der Waals surface area contributed by atoms with E-state index in [1.54, 1.807) is 6.07 Å². The van der Waals surface area contributed by atoms with Gasteiger partial charge in [0.2, 0.25) is 0 Å². The molecule has 2 rings (SSSR count). The predicted octanol–water partition coefficient (Wildman–Crippen LogP) is 1.50. The summed E-state index contributed by atoms with van der Waals surface area (Å²) in [6, 6.07) is 5.26. The van der Waals surface area contributed by atoms with Gasteiger partial charge >= 0.3 is 0 Å². The Bertz CT molecular complexity index is 419. The lowest BCUT2D eigenvalue weighted by Gasteiger charge is -2.36. The number of hydrogen-bond acceptors (Lipinski definition) is 4. The summed E-state index contributed by atoms with van der Waals surface area (Å²) in [6.07, 6.45) is 0. The molecule has 0 radical (unpaired) electrons. The van der Waals surface area contributed by atoms with Crippen molar-refractivity contribution in [1.82, 2.24) is 4.90 Å². The molecule has 0 bridgehead atoms. The third kappa shape index (κ3) is 2.58. The number of nitrogens with zero attached hydrogens (tertiary/aromatic N) is 2. The highest BCUT2D eigenvalue weighted by atomic mass is 79.9. The van der Waals surface area contributed by atoms with Crippen LogP contribution >= 0.6 is 15.9 Å². The molecule has 0 atom stereocenters. The molecule has 6 heteroatoms. The number of halogens is 1. The third-order valence-electron chi connectivity index (χ3n) is 2.54. The molecule has 1 heterocycles. The molecule has 1 saturated heterocycles. The first kappa shape index (κ1) is 11.5. The van der Waals surface area contributed by atoms with Crippen molar-refractivity contribution in [3.8, 4) is 0 Å². The minimum Gasteiger partial charge on any atom is -0.325 e. The van der Waals surface area contributed by atoms with Gasteiger partial charge in [-0.3, -0.25) is 15.0 Å². The van der Waals surface area contributed by atoms with Crippen molar-refractivity contribution in [3.05, 3.63) is 38.3 Å². The first-order valence-corrected chi connectivity index (χ1v) is 5.75. The molecule has 0 unspecified atom stereocenters. The van der Waals surface area contributed by atoms with Crippen molar-refractivity contribution >= 4 is 21.6 Å². The zero-order chi connectivity index (χ0) is 11.7. The van der Waals surface area contributed by atoms with Crippen LogP contribution < -0.4 is 5.73 Å². The summed E-state index contributed by atoms with van der Waals surface area (Å²) in [5, 5.41) is 10.7. The molecule has 16 heavy (non-hydrogen) atoms. The van der Waals surface area contributed by atoms with Crippen LogP contribution in [-0.4, -0.2) is 29.0 Å². The van der Waals surface area contributed by atoms with Crippen molar-refractivity contribution in [2.75, 3.05) is 13.1 Å². The molecule has 0 aromatic heterocycles. The molecule has 0 amide bonds. The lowest BCUT2D eigenvalue weighted by Crippen LogP contribution is -2.54. The van der Waals surface area contributed by atoms with Gasteiger partial charge in [-0.15, -0.1) is 0 Å². The van der Waals surface area contributed by atoms with Gasteiger partial charge in [-0.25, -0.2) is 0 Å². The fourth-order valence-corrected chi connectivity index (χ4v) is 2.36. The van der Waals surface area contributed by atoms with Crippen molar-refractivity contribution in [1.29, 1.82) is 0 Å². The first-order valence-electron chi connectivity index (χ1n) is 4.96. The van der Waals surface area contributed by atoms with Crippen LogP contribution in [0.5, 0.6) is 0 Å². The summed E-state index contributed by atoms with van der Waals surface area (Å²) in [4.78, 5) is 12.5. The van der Waals surface area contributed by atoms with Gasteiger partial charge in [-0.1, -0.05) is 15.9 Å². The second-order valence-electron chi connectivity index (χ2n) is 4.03. The van der Waals surface area contributed by atoms with Gasteiger partial charge in [-0.2, -0.15) is 0 Å². The Labute approximate surface area is 102 Å². The van der Waals surface area contributed by atoms with E-state index in [0.29, 0.717) is 6.54 Å². The maximum atomic E-state index is 10.7. The van der Waals surface area contributed by atoms with E-state index in [1.165, 1.54) is 6.07 Å². The topological polar surface area (TPSA) is 72.4 Å². The number of nitro benzene ring substituents is 1. The number of nitrogens with two attached hydrogens (primary N) is 1. The minimum absolute atomic E-state index is 0.120. The molecule has 1 aliphatic heterocycles. The Kier molecular flexibility index (Phi) is 3.22. The molecule has 5 nitrogen and oxygen atoms in total. The van der Waals surface area contributed by atoms with Crippen LogP contribution in [-0.2, 0) is 6.54 Å². The summed E-state index contributed by atoms with van der Waals surface area (Å²) < 4.78 is 0.738. The van der Waals surface area contributed by atoms with Gasteiger partial charge in [0.1, 0.15) is 0 Å². The average Bonchev–Trinajstić information content (AvgIpc) is 2.14. The van der Waals surface area contributed by atoms with E-state index < -0.39 is 0 Å². The highest BCUT2D eigenvalue weighted by Gasteiger charge is 2.23. The standard InChI is InChI=1S/C10H12BrN3O2/c11-8-1-7(2-10(3-8)14(15)16)4-13-5-9(12)6-13/h1-3,9H,4-6,12H2. The monoisotopic (exact) mass is 285 g/mol. The third-order valence-corrected chi connectivity index (χ3v) is 3.00. The normalized spacial score (nSPS) is 17.1. The number of nitro groups is 1. The number of likely N-dealkylation sites (tertiary alicyclic amines) is 1. The van der Waals surface area contributed by atoms with Crippen LogP contribution in [0, 0.1) is 10.1 Å². The number of rotatable bonds is 3. The Balaban J connectivity index is 2.11. The van der Waals surface area contributed by atoms with Gasteiger partial charge in [0.05, 0.1) is 4.92 Å². The van der Waals surface area contributed by atoms with E-state index in [4.69, 9.17) is 5.73 Å². The van der Waals surface area contributed by atoms with E-state index in [1.807, 2.05) is 6.07 Å². The van der Waals surface area contributed by atoms with Gasteiger partial charge < -0.3 is 5.73 Å². The summed E-state index contributed by atoms with van der Waals surface area (Å²) in [5.41, 5.74) is 6.73. The van der Waals surface area contributed by atoms with Crippen molar-refractivity contribution < 1.29 is 4.92 Å². The zero-order valence-corrected chi connectivity index (χ0v) is 10.2. The van der Waals surface area contributed by atoms with Crippen LogP contribution in [0.1, 0.15) is 5.56 Å². The second kappa shape index (κ2) is 4.48. The molecule has 0 spiro atoms. The highest BCUT2D eigenvalue weighted by molar-refractivity contribution is 9.10. The number of non-ortho nitro benzene ring substituents is 1. The molecular weight excluding hydrogens is 274 g/mol. The van der Waals surface area contributed by atoms with Crippen molar-refractivity contribution in [2.24, 2.45) is 5.73 Å². The predicted molar refractivity (Wildman–Crippen MR) is 64.0 cm³/mol. The van der Waals surface area contributed by atoms with Crippen LogP contribution in [0.25, 0.3) is 0 Å². The van der Waals surface area contributed by atoms with Crippen LogP contribution in [0.2, 0.25) is 0 Å². The molecular formula is C10H12BrN3O2. The molecule has 0 saturated carbocycles. The zero-order valence-electron chi connectivity index (χ0n) is 8.60. The highest BCUT2D eigenvalue weighted by Crippen LogP contribution is 2.23. The lowest BCUT2D eigenvalue weighted by molar-refractivity contribution is -0.385. The van der Waals surface area contributed by atoms with E-state index in [0.717, 1.165) is 23.1 Å². The second-order valence-corrected chi connectivity index (χ2v) is 4.94. The quantitative estimate of drug-likeness (QED) is 0.675.